The van der Waals surface area contributed by atoms with Crippen LogP contribution >= 0.6 is 11.6 Å². The highest BCUT2D eigenvalue weighted by Crippen LogP contribution is 1.90. The molecule has 0 heterocycles. The Hall–Kier alpha value is -0.0800. The highest BCUT2D eigenvalue weighted by Gasteiger charge is 1.89. The van der Waals surface area contributed by atoms with E-state index in [0.717, 1.165) is 6.42 Å². The van der Waals surface area contributed by atoms with Crippen LogP contribution in [0.25, 0.3) is 0 Å². The molecule has 0 radical (unpaired) electrons. The van der Waals surface area contributed by atoms with Crippen molar-refractivity contribution in [1.82, 2.24) is 4.90 Å². The van der Waals surface area contributed by atoms with Crippen LogP contribution in [0.4, 0.5) is 0 Å². The first-order chi connectivity index (χ1) is 6.12. The highest BCUT2D eigenvalue weighted by atomic mass is 35.5. The van der Waals surface area contributed by atoms with Gasteiger partial charge in [-0.15, -0.1) is 0 Å². The molecule has 0 aromatic heterocycles. The lowest BCUT2D eigenvalue weighted by atomic mass is 10.4. The zero-order valence-corrected chi connectivity index (χ0v) is 10.0. The quantitative estimate of drug-likeness (QED) is 0.647. The molecule has 0 fully saturated rings. The van der Waals surface area contributed by atoms with Crippen molar-refractivity contribution in [3.8, 4) is 0 Å². The lowest BCUT2D eigenvalue weighted by molar-refractivity contribution is -0.111. The molecule has 0 bridgehead atoms. The van der Waals surface area contributed by atoms with Gasteiger partial charge in [-0.05, 0) is 37.7 Å². The van der Waals surface area contributed by atoms with Crippen LogP contribution in [0.3, 0.4) is 0 Å². The third-order valence-corrected chi connectivity index (χ3v) is 1.98. The standard InChI is InChI=1S/C6H15N.C4H7ClO/c1-4-7(5-2)6-3;1-2-3-4(5)6/h4-6H2,1-3H3;2-3H2,1H3. The number of nitrogens with zero attached hydrogens (tertiary/aromatic N) is 1. The van der Waals surface area contributed by atoms with Gasteiger partial charge in [0.15, 0.2) is 0 Å². The van der Waals surface area contributed by atoms with Crippen molar-refractivity contribution in [2.45, 2.75) is 40.5 Å². The van der Waals surface area contributed by atoms with E-state index in [9.17, 15) is 4.79 Å². The Morgan fingerprint density at radius 2 is 1.46 bits per heavy atom. The molecule has 0 aliphatic carbocycles. The number of rotatable bonds is 5. The summed E-state index contributed by atoms with van der Waals surface area (Å²) in [5.41, 5.74) is 0. The molecular formula is C10H22ClNO. The van der Waals surface area contributed by atoms with Crippen molar-refractivity contribution in [1.29, 1.82) is 0 Å². The van der Waals surface area contributed by atoms with Crippen LogP contribution in [0.15, 0.2) is 0 Å². The first kappa shape index (κ1) is 15.4. The monoisotopic (exact) mass is 207 g/mol. The average molecular weight is 208 g/mol. The summed E-state index contributed by atoms with van der Waals surface area (Å²) in [7, 11) is 0. The molecule has 2 nitrogen and oxygen atoms in total. The highest BCUT2D eigenvalue weighted by molar-refractivity contribution is 6.63. The molecule has 0 unspecified atom stereocenters. The van der Waals surface area contributed by atoms with Gasteiger partial charge in [0, 0.05) is 6.42 Å². The van der Waals surface area contributed by atoms with E-state index in [1.807, 2.05) is 6.92 Å². The third-order valence-electron chi connectivity index (χ3n) is 1.79. The van der Waals surface area contributed by atoms with E-state index in [0.29, 0.717) is 6.42 Å². The van der Waals surface area contributed by atoms with Crippen LogP contribution < -0.4 is 0 Å². The lowest BCUT2D eigenvalue weighted by Crippen LogP contribution is -2.21. The number of carbonyl (C=O) groups excluding carboxylic acids is 1. The predicted molar refractivity (Wildman–Crippen MR) is 59.2 cm³/mol. The maximum Gasteiger partial charge on any atom is 0.221 e. The summed E-state index contributed by atoms with van der Waals surface area (Å²) in [6.45, 7) is 12.0. The molecule has 0 aromatic rings. The van der Waals surface area contributed by atoms with Gasteiger partial charge in [0.1, 0.15) is 0 Å². The summed E-state index contributed by atoms with van der Waals surface area (Å²) < 4.78 is 0. The maximum atomic E-state index is 9.81. The van der Waals surface area contributed by atoms with Gasteiger partial charge < -0.3 is 4.90 Å². The summed E-state index contributed by atoms with van der Waals surface area (Å²) >= 11 is 4.94. The second-order valence-electron chi connectivity index (χ2n) is 2.72. The summed E-state index contributed by atoms with van der Waals surface area (Å²) in [5, 5.41) is -0.238. The topological polar surface area (TPSA) is 20.3 Å². The fourth-order valence-corrected chi connectivity index (χ4v) is 1.06. The second-order valence-corrected chi connectivity index (χ2v) is 3.15. The third kappa shape index (κ3) is 14.7. The van der Waals surface area contributed by atoms with Crippen molar-refractivity contribution in [3.63, 3.8) is 0 Å². The Labute approximate surface area is 87.3 Å². The first-order valence-electron chi connectivity index (χ1n) is 5.02. The van der Waals surface area contributed by atoms with Crippen LogP contribution in [-0.4, -0.2) is 29.8 Å². The Kier molecular flexibility index (Phi) is 14.1. The summed E-state index contributed by atoms with van der Waals surface area (Å²) in [4.78, 5) is 12.2. The summed E-state index contributed by atoms with van der Waals surface area (Å²) in [6, 6.07) is 0. The summed E-state index contributed by atoms with van der Waals surface area (Å²) in [6.07, 6.45) is 1.35. The molecule has 0 amide bonds. The molecule has 0 saturated carbocycles. The molecule has 0 N–H and O–H groups in total. The van der Waals surface area contributed by atoms with E-state index in [1.54, 1.807) is 0 Å². The van der Waals surface area contributed by atoms with Crippen molar-refractivity contribution < 1.29 is 4.79 Å². The number of carbonyl (C=O) groups is 1. The van der Waals surface area contributed by atoms with E-state index in [2.05, 4.69) is 25.7 Å². The Morgan fingerprint density at radius 1 is 1.08 bits per heavy atom. The van der Waals surface area contributed by atoms with Crippen LogP contribution in [0.1, 0.15) is 40.5 Å². The first-order valence-corrected chi connectivity index (χ1v) is 5.40. The minimum atomic E-state index is -0.238. The molecule has 13 heavy (non-hydrogen) atoms. The van der Waals surface area contributed by atoms with Crippen molar-refractivity contribution in [2.24, 2.45) is 0 Å². The number of hydrogen-bond acceptors (Lipinski definition) is 2. The molecule has 0 atom stereocenters. The zero-order valence-electron chi connectivity index (χ0n) is 9.27. The van der Waals surface area contributed by atoms with E-state index in [1.165, 1.54) is 19.6 Å². The van der Waals surface area contributed by atoms with Gasteiger partial charge >= 0.3 is 0 Å². The molecule has 0 saturated heterocycles. The van der Waals surface area contributed by atoms with Gasteiger partial charge in [-0.2, -0.15) is 0 Å². The fourth-order valence-electron chi connectivity index (χ4n) is 0.867. The van der Waals surface area contributed by atoms with E-state index < -0.39 is 0 Å². The van der Waals surface area contributed by atoms with E-state index >= 15 is 0 Å². The van der Waals surface area contributed by atoms with Gasteiger partial charge in [0.2, 0.25) is 5.24 Å². The number of hydrogen-bond donors (Lipinski definition) is 0. The van der Waals surface area contributed by atoms with Gasteiger partial charge in [-0.1, -0.05) is 27.7 Å². The van der Waals surface area contributed by atoms with Crippen LogP contribution in [0, 0.1) is 0 Å². The van der Waals surface area contributed by atoms with E-state index in [-0.39, 0.29) is 5.24 Å². The normalized spacial score (nSPS) is 9.38. The molecule has 0 aliphatic rings. The maximum absolute atomic E-state index is 9.81. The predicted octanol–water partition coefficient (Wildman–Crippen LogP) is 2.90. The molecular weight excluding hydrogens is 186 g/mol. The fraction of sp³-hybridized carbons (Fsp3) is 0.900. The van der Waals surface area contributed by atoms with Crippen LogP contribution in [0.2, 0.25) is 0 Å². The van der Waals surface area contributed by atoms with Crippen molar-refractivity contribution >= 4 is 16.8 Å². The van der Waals surface area contributed by atoms with Gasteiger partial charge in [0.05, 0.1) is 0 Å². The SMILES string of the molecule is CCCC(=O)Cl.CCN(CC)CC. The Morgan fingerprint density at radius 3 is 1.46 bits per heavy atom. The summed E-state index contributed by atoms with van der Waals surface area (Å²) in [5.74, 6) is 0. The lowest BCUT2D eigenvalue weighted by Gasteiger charge is -2.13. The second kappa shape index (κ2) is 11.9. The minimum Gasteiger partial charge on any atom is -0.304 e. The van der Waals surface area contributed by atoms with Crippen LogP contribution in [-0.2, 0) is 4.79 Å². The van der Waals surface area contributed by atoms with Crippen molar-refractivity contribution in [2.75, 3.05) is 19.6 Å². The molecule has 0 rings (SSSR count). The molecule has 0 aliphatic heterocycles. The molecule has 0 aromatic carbocycles. The minimum absolute atomic E-state index is 0.238. The molecule has 3 heteroatoms. The van der Waals surface area contributed by atoms with E-state index in [4.69, 9.17) is 11.6 Å². The largest absolute Gasteiger partial charge is 0.304 e. The van der Waals surface area contributed by atoms with Gasteiger partial charge in [-0.25, -0.2) is 0 Å². The molecule has 0 spiro atoms. The number of halogens is 1. The Bertz CT molecular complexity index is 108. The Balaban J connectivity index is 0. The molecule has 80 valence electrons. The average Bonchev–Trinajstić information content (AvgIpc) is 2.08. The zero-order chi connectivity index (χ0) is 10.7. The van der Waals surface area contributed by atoms with Gasteiger partial charge in [0.25, 0.3) is 0 Å². The van der Waals surface area contributed by atoms with Crippen molar-refractivity contribution in [3.05, 3.63) is 0 Å². The van der Waals surface area contributed by atoms with Crippen LogP contribution in [0.5, 0.6) is 0 Å². The smallest absolute Gasteiger partial charge is 0.221 e. The van der Waals surface area contributed by atoms with Gasteiger partial charge in [-0.3, -0.25) is 4.79 Å².